The van der Waals surface area contributed by atoms with E-state index in [4.69, 9.17) is 5.73 Å². The largest absolute Gasteiger partial charge is 0.352 e. The Labute approximate surface area is 110 Å². The van der Waals surface area contributed by atoms with Gasteiger partial charge < -0.3 is 16.0 Å². The summed E-state index contributed by atoms with van der Waals surface area (Å²) in [6.45, 7) is 4.29. The van der Waals surface area contributed by atoms with Gasteiger partial charge in [0.2, 0.25) is 5.91 Å². The fourth-order valence-electron chi connectivity index (χ4n) is 3.34. The van der Waals surface area contributed by atoms with E-state index in [2.05, 4.69) is 24.2 Å². The van der Waals surface area contributed by atoms with Crippen LogP contribution in [0, 0.1) is 11.8 Å². The van der Waals surface area contributed by atoms with Crippen LogP contribution in [0.25, 0.3) is 0 Å². The van der Waals surface area contributed by atoms with Crippen LogP contribution in [0.3, 0.4) is 0 Å². The van der Waals surface area contributed by atoms with Crippen LogP contribution in [-0.4, -0.2) is 43.0 Å². The number of carbonyl (C=O) groups is 1. The second-order valence-corrected chi connectivity index (χ2v) is 6.20. The van der Waals surface area contributed by atoms with E-state index in [1.165, 1.54) is 6.42 Å². The highest BCUT2D eigenvalue weighted by molar-refractivity contribution is 5.79. The van der Waals surface area contributed by atoms with Crippen LogP contribution < -0.4 is 11.1 Å². The molecule has 1 saturated carbocycles. The van der Waals surface area contributed by atoms with Gasteiger partial charge in [-0.25, -0.2) is 0 Å². The maximum absolute atomic E-state index is 12.3. The number of hydrogen-bond acceptors (Lipinski definition) is 3. The maximum Gasteiger partial charge on any atom is 0.224 e. The minimum absolute atomic E-state index is 0.0287. The number of carbonyl (C=O) groups excluding carboxylic acids is 1. The zero-order chi connectivity index (χ0) is 13.1. The molecule has 0 aromatic rings. The van der Waals surface area contributed by atoms with Crippen molar-refractivity contribution in [2.75, 3.05) is 20.1 Å². The van der Waals surface area contributed by atoms with E-state index in [0.29, 0.717) is 12.0 Å². The number of nitrogens with two attached hydrogens (primary N) is 1. The lowest BCUT2D eigenvalue weighted by Crippen LogP contribution is -2.52. The van der Waals surface area contributed by atoms with Gasteiger partial charge in [-0.3, -0.25) is 4.79 Å². The molecule has 4 nitrogen and oxygen atoms in total. The molecule has 2 fully saturated rings. The van der Waals surface area contributed by atoms with Crippen LogP contribution in [0.1, 0.15) is 39.0 Å². The molecule has 104 valence electrons. The van der Waals surface area contributed by atoms with Crippen LogP contribution in [0.2, 0.25) is 0 Å². The standard InChI is InChI=1S/C14H27N3O/c1-10-5-3-7-12(13(10)15)14(18)16-11-6-4-8-17(2)9-11/h10-13H,3-9,15H2,1-2H3,(H,16,18). The van der Waals surface area contributed by atoms with Gasteiger partial charge in [-0.15, -0.1) is 0 Å². The zero-order valence-corrected chi connectivity index (χ0v) is 11.7. The topological polar surface area (TPSA) is 58.4 Å². The van der Waals surface area contributed by atoms with Crippen molar-refractivity contribution < 1.29 is 4.79 Å². The van der Waals surface area contributed by atoms with Crippen LogP contribution in [0.4, 0.5) is 0 Å². The van der Waals surface area contributed by atoms with Gasteiger partial charge in [-0.05, 0) is 45.2 Å². The van der Waals surface area contributed by atoms with Crippen molar-refractivity contribution in [1.29, 1.82) is 0 Å². The van der Waals surface area contributed by atoms with Crippen molar-refractivity contribution in [2.45, 2.75) is 51.1 Å². The van der Waals surface area contributed by atoms with Crippen molar-refractivity contribution >= 4 is 5.91 Å². The quantitative estimate of drug-likeness (QED) is 0.770. The molecule has 3 N–H and O–H groups in total. The molecule has 2 rings (SSSR count). The highest BCUT2D eigenvalue weighted by Gasteiger charge is 2.33. The van der Waals surface area contributed by atoms with Crippen LogP contribution in [0.5, 0.6) is 0 Å². The van der Waals surface area contributed by atoms with Gasteiger partial charge in [0.15, 0.2) is 0 Å². The summed E-state index contributed by atoms with van der Waals surface area (Å²) in [6, 6.07) is 0.362. The van der Waals surface area contributed by atoms with Gasteiger partial charge >= 0.3 is 0 Å². The molecule has 0 aromatic carbocycles. The first-order valence-electron chi connectivity index (χ1n) is 7.32. The number of hydrogen-bond donors (Lipinski definition) is 2. The van der Waals surface area contributed by atoms with Gasteiger partial charge in [-0.1, -0.05) is 13.3 Å². The molecule has 4 atom stereocenters. The molecule has 1 aliphatic carbocycles. The Morgan fingerprint density at radius 3 is 2.78 bits per heavy atom. The molecule has 1 saturated heterocycles. The summed E-state index contributed by atoms with van der Waals surface area (Å²) in [5, 5.41) is 3.21. The summed E-state index contributed by atoms with van der Waals surface area (Å²) in [6.07, 6.45) is 5.54. The van der Waals surface area contributed by atoms with Crippen LogP contribution in [0.15, 0.2) is 0 Å². The molecule has 18 heavy (non-hydrogen) atoms. The third-order valence-corrected chi connectivity index (χ3v) is 4.60. The average Bonchev–Trinajstić information content (AvgIpc) is 2.32. The van der Waals surface area contributed by atoms with Crippen molar-refractivity contribution in [3.63, 3.8) is 0 Å². The Hall–Kier alpha value is -0.610. The highest BCUT2D eigenvalue weighted by Crippen LogP contribution is 2.28. The Kier molecular flexibility index (Phi) is 4.62. The lowest BCUT2D eigenvalue weighted by molar-refractivity contribution is -0.128. The minimum Gasteiger partial charge on any atom is -0.352 e. The average molecular weight is 253 g/mol. The van der Waals surface area contributed by atoms with Gasteiger partial charge in [0.25, 0.3) is 0 Å². The van der Waals surface area contributed by atoms with Crippen LogP contribution >= 0.6 is 0 Å². The zero-order valence-electron chi connectivity index (χ0n) is 11.7. The molecule has 1 aliphatic heterocycles. The van der Waals surface area contributed by atoms with Gasteiger partial charge in [0.1, 0.15) is 0 Å². The summed E-state index contributed by atoms with van der Waals surface area (Å²) in [5.74, 6) is 0.693. The highest BCUT2D eigenvalue weighted by atomic mass is 16.2. The van der Waals surface area contributed by atoms with E-state index in [9.17, 15) is 4.79 Å². The van der Waals surface area contributed by atoms with E-state index in [1.54, 1.807) is 0 Å². The van der Waals surface area contributed by atoms with Gasteiger partial charge in [0.05, 0.1) is 5.92 Å². The van der Waals surface area contributed by atoms with Crippen molar-refractivity contribution in [3.8, 4) is 0 Å². The predicted molar refractivity (Wildman–Crippen MR) is 73.1 cm³/mol. The van der Waals surface area contributed by atoms with Crippen LogP contribution in [-0.2, 0) is 4.79 Å². The Bertz CT molecular complexity index is 295. The minimum atomic E-state index is 0.0287. The Morgan fingerprint density at radius 1 is 1.28 bits per heavy atom. The summed E-state index contributed by atoms with van der Waals surface area (Å²) >= 11 is 0. The summed E-state index contributed by atoms with van der Waals surface area (Å²) in [5.41, 5.74) is 6.18. The molecule has 4 heteroatoms. The number of nitrogens with one attached hydrogen (secondary N) is 1. The molecule has 0 radical (unpaired) electrons. The molecule has 0 bridgehead atoms. The molecular formula is C14H27N3O. The number of likely N-dealkylation sites (N-methyl/N-ethyl adjacent to an activating group) is 1. The van der Waals surface area contributed by atoms with E-state index in [0.717, 1.165) is 38.8 Å². The third kappa shape index (κ3) is 3.23. The maximum atomic E-state index is 12.3. The molecule has 0 spiro atoms. The second kappa shape index (κ2) is 6.02. The van der Waals surface area contributed by atoms with E-state index >= 15 is 0 Å². The number of nitrogens with zero attached hydrogens (tertiary/aromatic N) is 1. The van der Waals surface area contributed by atoms with E-state index in [1.807, 2.05) is 0 Å². The van der Waals surface area contributed by atoms with Crippen molar-refractivity contribution in [3.05, 3.63) is 0 Å². The monoisotopic (exact) mass is 253 g/mol. The predicted octanol–water partition coefficient (Wildman–Crippen LogP) is 0.960. The summed E-state index contributed by atoms with van der Waals surface area (Å²) < 4.78 is 0. The smallest absolute Gasteiger partial charge is 0.224 e. The molecular weight excluding hydrogens is 226 g/mol. The fraction of sp³-hybridized carbons (Fsp3) is 0.929. The summed E-state index contributed by atoms with van der Waals surface area (Å²) in [7, 11) is 2.12. The number of piperidine rings is 1. The van der Waals surface area contributed by atoms with Gasteiger partial charge in [-0.2, -0.15) is 0 Å². The third-order valence-electron chi connectivity index (χ3n) is 4.60. The first-order valence-corrected chi connectivity index (χ1v) is 7.32. The number of rotatable bonds is 2. The lowest BCUT2D eigenvalue weighted by Gasteiger charge is -2.35. The fourth-order valence-corrected chi connectivity index (χ4v) is 3.34. The van der Waals surface area contributed by atoms with Crippen molar-refractivity contribution in [1.82, 2.24) is 10.2 Å². The molecule has 1 amide bonds. The SMILES string of the molecule is CC1CCCC(C(=O)NC2CCCN(C)C2)C1N. The lowest BCUT2D eigenvalue weighted by atomic mass is 9.77. The Morgan fingerprint density at radius 2 is 2.06 bits per heavy atom. The molecule has 4 unspecified atom stereocenters. The van der Waals surface area contributed by atoms with Crippen molar-refractivity contribution in [2.24, 2.45) is 17.6 Å². The number of likely N-dealkylation sites (tertiary alicyclic amines) is 1. The molecule has 1 heterocycles. The number of amides is 1. The first-order chi connectivity index (χ1) is 8.58. The van der Waals surface area contributed by atoms with E-state index < -0.39 is 0 Å². The van der Waals surface area contributed by atoms with Gasteiger partial charge in [0, 0.05) is 18.6 Å². The molecule has 0 aromatic heterocycles. The molecule has 2 aliphatic rings. The Balaban J connectivity index is 1.86. The normalized spacial score (nSPS) is 38.4. The summed E-state index contributed by atoms with van der Waals surface area (Å²) in [4.78, 5) is 14.6. The van der Waals surface area contributed by atoms with E-state index in [-0.39, 0.29) is 17.9 Å². The second-order valence-electron chi connectivity index (χ2n) is 6.20. The first kappa shape index (κ1) is 13.8.